The Morgan fingerprint density at radius 3 is 2.57 bits per heavy atom. The quantitative estimate of drug-likeness (QED) is 0.892. The topological polar surface area (TPSA) is 67.4 Å². The average Bonchev–Trinajstić information content (AvgIpc) is 2.79. The van der Waals surface area contributed by atoms with Gasteiger partial charge in [0, 0.05) is 0 Å². The molecule has 23 heavy (non-hydrogen) atoms. The Labute approximate surface area is 131 Å². The third-order valence-electron chi connectivity index (χ3n) is 3.59. The van der Waals surface area contributed by atoms with Crippen LogP contribution in [0.2, 0.25) is 0 Å². The average molecular weight is 330 g/mol. The van der Waals surface area contributed by atoms with E-state index in [0.29, 0.717) is 5.92 Å². The number of carbonyl (C=O) groups excluding carboxylic acids is 2. The normalized spacial score (nSPS) is 19.8. The van der Waals surface area contributed by atoms with Gasteiger partial charge in [-0.25, -0.2) is 4.79 Å². The Balaban J connectivity index is 1.79. The highest BCUT2D eigenvalue weighted by Crippen LogP contribution is 2.39. The highest BCUT2D eigenvalue weighted by atomic mass is 19.4. The zero-order valence-corrected chi connectivity index (χ0v) is 12.4. The smallest absolute Gasteiger partial charge is 0.422 e. The second kappa shape index (κ2) is 6.89. The Hall–Kier alpha value is -2.25. The van der Waals surface area contributed by atoms with Gasteiger partial charge in [-0.05, 0) is 23.5 Å². The second-order valence-electron chi connectivity index (χ2n) is 5.43. The number of alkyl carbamates (subject to hydrolysis) is 1. The van der Waals surface area contributed by atoms with Gasteiger partial charge in [-0.15, -0.1) is 0 Å². The predicted octanol–water partition coefficient (Wildman–Crippen LogP) is 2.64. The zero-order chi connectivity index (χ0) is 17.0. The fourth-order valence-corrected chi connectivity index (χ4v) is 2.62. The van der Waals surface area contributed by atoms with Crippen LogP contribution in [0.3, 0.4) is 0 Å². The molecular weight excluding hydrogens is 313 g/mol. The largest absolute Gasteiger partial charge is 0.440 e. The van der Waals surface area contributed by atoms with E-state index in [9.17, 15) is 22.8 Å². The lowest BCUT2D eigenvalue weighted by Gasteiger charge is -2.15. The van der Waals surface area contributed by atoms with Crippen LogP contribution in [0.5, 0.6) is 0 Å². The first kappa shape index (κ1) is 17.1. The van der Waals surface area contributed by atoms with Gasteiger partial charge in [-0.1, -0.05) is 31.2 Å². The number of halogens is 3. The first-order valence-corrected chi connectivity index (χ1v) is 7.12. The van der Waals surface area contributed by atoms with Crippen LogP contribution in [0.4, 0.5) is 18.0 Å². The number of hydrogen-bond donors (Lipinski definition) is 2. The van der Waals surface area contributed by atoms with Crippen molar-refractivity contribution in [3.63, 3.8) is 0 Å². The monoisotopic (exact) mass is 330 g/mol. The maximum absolute atomic E-state index is 11.9. The van der Waals surface area contributed by atoms with Gasteiger partial charge in [0.15, 0.2) is 6.61 Å². The first-order valence-electron chi connectivity index (χ1n) is 7.12. The summed E-state index contributed by atoms with van der Waals surface area (Å²) in [5.74, 6) is -0.177. The van der Waals surface area contributed by atoms with Gasteiger partial charge in [-0.3, -0.25) is 4.79 Å². The van der Waals surface area contributed by atoms with Gasteiger partial charge >= 0.3 is 12.3 Å². The Morgan fingerprint density at radius 2 is 1.91 bits per heavy atom. The minimum atomic E-state index is -4.59. The number of amides is 2. The predicted molar refractivity (Wildman–Crippen MR) is 75.8 cm³/mol. The molecule has 1 aromatic rings. The Morgan fingerprint density at radius 1 is 1.26 bits per heavy atom. The fourth-order valence-electron chi connectivity index (χ4n) is 2.62. The number of rotatable bonds is 4. The van der Waals surface area contributed by atoms with Crippen LogP contribution < -0.4 is 10.6 Å². The Kier molecular flexibility index (Phi) is 5.12. The Bertz CT molecular complexity index is 590. The minimum Gasteiger partial charge on any atom is -0.440 e. The molecule has 0 unspecified atom stereocenters. The standard InChI is InChI=1S/C15H17F3N2O3/c1-9-6-12(11-5-3-2-4-10(9)11)20-13(21)7-19-14(22)23-8-15(16,17)18/h2-5,9,12H,6-8H2,1H3,(H,19,22)(H,20,21)/t9-,12+/m1/s1. The molecule has 2 amide bonds. The molecular formula is C15H17F3N2O3. The van der Waals surface area contributed by atoms with Crippen LogP contribution in [0, 0.1) is 0 Å². The van der Waals surface area contributed by atoms with Crippen molar-refractivity contribution in [3.05, 3.63) is 35.4 Å². The lowest BCUT2D eigenvalue weighted by Crippen LogP contribution is -2.39. The minimum absolute atomic E-state index is 0.165. The van der Waals surface area contributed by atoms with Crippen LogP contribution in [0.15, 0.2) is 24.3 Å². The molecule has 2 rings (SSSR count). The van der Waals surface area contributed by atoms with E-state index in [-0.39, 0.29) is 6.04 Å². The van der Waals surface area contributed by atoms with Crippen molar-refractivity contribution in [2.24, 2.45) is 0 Å². The number of benzene rings is 1. The molecule has 0 aliphatic heterocycles. The van der Waals surface area contributed by atoms with Gasteiger partial charge in [-0.2, -0.15) is 13.2 Å². The summed E-state index contributed by atoms with van der Waals surface area (Å²) in [6.07, 6.45) is -5.13. The summed E-state index contributed by atoms with van der Waals surface area (Å²) in [4.78, 5) is 22.9. The maximum atomic E-state index is 11.9. The van der Waals surface area contributed by atoms with Crippen LogP contribution in [0.1, 0.15) is 36.4 Å². The maximum Gasteiger partial charge on any atom is 0.422 e. The third-order valence-corrected chi connectivity index (χ3v) is 3.59. The van der Waals surface area contributed by atoms with Crippen LogP contribution >= 0.6 is 0 Å². The van der Waals surface area contributed by atoms with Crippen LogP contribution in [-0.4, -0.2) is 31.3 Å². The molecule has 2 N–H and O–H groups in total. The van der Waals surface area contributed by atoms with Gasteiger partial charge in [0.1, 0.15) is 6.54 Å². The molecule has 0 aromatic heterocycles. The highest BCUT2D eigenvalue weighted by Gasteiger charge is 2.30. The van der Waals surface area contributed by atoms with Crippen molar-refractivity contribution >= 4 is 12.0 Å². The number of nitrogens with one attached hydrogen (secondary N) is 2. The number of carbonyl (C=O) groups is 2. The summed E-state index contributed by atoms with van der Waals surface area (Å²) in [7, 11) is 0. The number of ether oxygens (including phenoxy) is 1. The van der Waals surface area contributed by atoms with Crippen molar-refractivity contribution in [2.45, 2.75) is 31.5 Å². The molecule has 1 aliphatic rings. The van der Waals surface area contributed by atoms with Crippen molar-refractivity contribution in [3.8, 4) is 0 Å². The van der Waals surface area contributed by atoms with Crippen LogP contribution in [-0.2, 0) is 9.53 Å². The fraction of sp³-hybridized carbons (Fsp3) is 0.467. The van der Waals surface area contributed by atoms with Gasteiger partial charge in [0.2, 0.25) is 5.91 Å². The van der Waals surface area contributed by atoms with E-state index in [2.05, 4.69) is 17.0 Å². The zero-order valence-electron chi connectivity index (χ0n) is 12.4. The molecule has 0 bridgehead atoms. The SMILES string of the molecule is C[C@@H]1C[C@H](NC(=O)CNC(=O)OCC(F)(F)F)c2ccccc21. The molecule has 0 radical (unpaired) electrons. The molecule has 1 aliphatic carbocycles. The number of hydrogen-bond acceptors (Lipinski definition) is 3. The molecule has 8 heteroatoms. The highest BCUT2D eigenvalue weighted by molar-refractivity contribution is 5.82. The van der Waals surface area contributed by atoms with Crippen molar-refractivity contribution in [1.82, 2.24) is 10.6 Å². The van der Waals surface area contributed by atoms with E-state index in [1.165, 1.54) is 0 Å². The molecule has 0 saturated heterocycles. The van der Waals surface area contributed by atoms with E-state index in [1.54, 1.807) is 0 Å². The number of alkyl halides is 3. The summed E-state index contributed by atoms with van der Waals surface area (Å²) in [6.45, 7) is -0.0740. The van der Waals surface area contributed by atoms with Crippen LogP contribution in [0.25, 0.3) is 0 Å². The molecule has 0 spiro atoms. The van der Waals surface area contributed by atoms with Gasteiger partial charge in [0.05, 0.1) is 6.04 Å². The van der Waals surface area contributed by atoms with E-state index < -0.39 is 31.3 Å². The van der Waals surface area contributed by atoms with Gasteiger partial charge in [0.25, 0.3) is 0 Å². The van der Waals surface area contributed by atoms with E-state index >= 15 is 0 Å². The third kappa shape index (κ3) is 4.87. The molecule has 0 fully saturated rings. The van der Waals surface area contributed by atoms with Crippen molar-refractivity contribution < 1.29 is 27.5 Å². The molecule has 5 nitrogen and oxygen atoms in total. The summed E-state index contributed by atoms with van der Waals surface area (Å²) < 4.78 is 39.6. The summed E-state index contributed by atoms with van der Waals surface area (Å²) >= 11 is 0. The first-order chi connectivity index (χ1) is 10.8. The van der Waals surface area contributed by atoms with Crippen molar-refractivity contribution in [1.29, 1.82) is 0 Å². The number of fused-ring (bicyclic) bond motifs is 1. The van der Waals surface area contributed by atoms with E-state index in [4.69, 9.17) is 0 Å². The molecule has 0 heterocycles. The summed E-state index contributed by atoms with van der Waals surface area (Å²) in [5, 5.41) is 4.75. The molecule has 0 saturated carbocycles. The summed E-state index contributed by atoms with van der Waals surface area (Å²) in [6, 6.07) is 7.57. The second-order valence-corrected chi connectivity index (χ2v) is 5.43. The van der Waals surface area contributed by atoms with E-state index in [0.717, 1.165) is 17.5 Å². The van der Waals surface area contributed by atoms with Gasteiger partial charge < -0.3 is 15.4 Å². The molecule has 1 aromatic carbocycles. The molecule has 2 atom stereocenters. The summed E-state index contributed by atoms with van der Waals surface area (Å²) in [5.41, 5.74) is 2.18. The lowest BCUT2D eigenvalue weighted by atomic mass is 10.0. The van der Waals surface area contributed by atoms with Crippen molar-refractivity contribution in [2.75, 3.05) is 13.2 Å². The lowest BCUT2D eigenvalue weighted by molar-refractivity contribution is -0.160. The molecule has 126 valence electrons. The van der Waals surface area contributed by atoms with E-state index in [1.807, 2.05) is 29.6 Å².